The maximum absolute atomic E-state index is 2.54. The molecular formula is C50H30N2. The summed E-state index contributed by atoms with van der Waals surface area (Å²) in [5, 5.41) is 17.9. The summed E-state index contributed by atoms with van der Waals surface area (Å²) >= 11 is 0. The van der Waals surface area contributed by atoms with Crippen molar-refractivity contribution in [3.63, 3.8) is 0 Å². The monoisotopic (exact) mass is 658 g/mol. The van der Waals surface area contributed by atoms with Crippen molar-refractivity contribution in [2.45, 2.75) is 0 Å². The number of hydrogen-bond donors (Lipinski definition) is 0. The zero-order chi connectivity index (χ0) is 33.9. The fraction of sp³-hybridized carbons (Fsp3) is 0. The third-order valence-corrected chi connectivity index (χ3v) is 11.4. The van der Waals surface area contributed by atoms with E-state index in [1.807, 2.05) is 0 Å². The fourth-order valence-corrected chi connectivity index (χ4v) is 9.35. The van der Waals surface area contributed by atoms with Gasteiger partial charge in [0, 0.05) is 43.7 Å². The van der Waals surface area contributed by atoms with Crippen LogP contribution in [-0.2, 0) is 0 Å². The van der Waals surface area contributed by atoms with Crippen LogP contribution in [-0.4, -0.2) is 9.13 Å². The Kier molecular flexibility index (Phi) is 5.53. The Morgan fingerprint density at radius 3 is 1.31 bits per heavy atom. The molecule has 2 aromatic heterocycles. The van der Waals surface area contributed by atoms with Crippen LogP contribution in [0.3, 0.4) is 0 Å². The third-order valence-electron chi connectivity index (χ3n) is 11.4. The van der Waals surface area contributed by atoms with Crippen LogP contribution in [0.5, 0.6) is 0 Å². The molecule has 10 aromatic carbocycles. The van der Waals surface area contributed by atoms with Crippen LogP contribution in [0.2, 0.25) is 0 Å². The fourth-order valence-electron chi connectivity index (χ4n) is 9.35. The Balaban J connectivity index is 1.41. The molecule has 0 spiro atoms. The molecule has 0 aliphatic heterocycles. The molecule has 0 N–H and O–H groups in total. The summed E-state index contributed by atoms with van der Waals surface area (Å²) in [6.45, 7) is 0. The van der Waals surface area contributed by atoms with Gasteiger partial charge < -0.3 is 9.13 Å². The van der Waals surface area contributed by atoms with Gasteiger partial charge in [0.25, 0.3) is 0 Å². The summed E-state index contributed by atoms with van der Waals surface area (Å²) in [5.74, 6) is 0. The summed E-state index contributed by atoms with van der Waals surface area (Å²) in [4.78, 5) is 0. The number of aromatic nitrogens is 2. The predicted octanol–water partition coefficient (Wildman–Crippen LogP) is 13.6. The highest BCUT2D eigenvalue weighted by Gasteiger charge is 2.27. The summed E-state index contributed by atoms with van der Waals surface area (Å²) in [6, 6.07) is 67.2. The second-order valence-corrected chi connectivity index (χ2v) is 14.0. The standard InChI is InChI=1S/C50H30N2/c1-2-15-33(16-3-1)51-43-24-12-10-22-41(43)47-45-39-20-8-6-18-37(39)38-19-7-9-21-40(38)46(45)48-42-23-11-13-25-44(42)52(50(48)49(47)51)34-28-29-36-32(30-34)27-26-31-14-4-5-17-35(31)36/h1-30H. The molecule has 0 bridgehead atoms. The first-order valence-corrected chi connectivity index (χ1v) is 18.0. The molecule has 0 unspecified atom stereocenters. The van der Waals surface area contributed by atoms with Crippen molar-refractivity contribution in [2.24, 2.45) is 0 Å². The van der Waals surface area contributed by atoms with Gasteiger partial charge in [-0.15, -0.1) is 0 Å². The Morgan fingerprint density at radius 1 is 0.250 bits per heavy atom. The van der Waals surface area contributed by atoms with Crippen LogP contribution in [0.1, 0.15) is 0 Å². The topological polar surface area (TPSA) is 9.86 Å². The molecule has 0 fully saturated rings. The lowest BCUT2D eigenvalue weighted by Gasteiger charge is -2.17. The zero-order valence-corrected chi connectivity index (χ0v) is 28.2. The lowest BCUT2D eigenvalue weighted by molar-refractivity contribution is 1.15. The van der Waals surface area contributed by atoms with Gasteiger partial charge in [-0.05, 0) is 79.5 Å². The van der Waals surface area contributed by atoms with Crippen LogP contribution in [0.25, 0.3) is 109 Å². The first kappa shape index (κ1) is 27.9. The molecule has 2 heteroatoms. The maximum atomic E-state index is 2.54. The molecule has 2 heterocycles. The maximum Gasteiger partial charge on any atom is 0.0795 e. The highest BCUT2D eigenvalue weighted by molar-refractivity contribution is 6.45. The van der Waals surface area contributed by atoms with E-state index in [9.17, 15) is 0 Å². The van der Waals surface area contributed by atoms with E-state index in [-0.39, 0.29) is 0 Å². The molecule has 240 valence electrons. The van der Waals surface area contributed by atoms with Crippen molar-refractivity contribution in [3.8, 4) is 11.4 Å². The molecule has 12 aromatic rings. The number of para-hydroxylation sites is 3. The lowest BCUT2D eigenvalue weighted by Crippen LogP contribution is -1.99. The van der Waals surface area contributed by atoms with E-state index in [4.69, 9.17) is 0 Å². The number of fused-ring (bicyclic) bond motifs is 18. The largest absolute Gasteiger partial charge is 0.307 e. The van der Waals surface area contributed by atoms with Gasteiger partial charge in [0.2, 0.25) is 0 Å². The third kappa shape index (κ3) is 3.58. The summed E-state index contributed by atoms with van der Waals surface area (Å²) in [6.07, 6.45) is 0. The first-order valence-electron chi connectivity index (χ1n) is 18.0. The lowest BCUT2D eigenvalue weighted by atomic mass is 9.89. The average Bonchev–Trinajstić information content (AvgIpc) is 3.74. The predicted molar refractivity (Wildman–Crippen MR) is 223 cm³/mol. The van der Waals surface area contributed by atoms with Crippen molar-refractivity contribution in [3.05, 3.63) is 182 Å². The van der Waals surface area contributed by atoms with Crippen LogP contribution >= 0.6 is 0 Å². The van der Waals surface area contributed by atoms with Crippen molar-refractivity contribution in [1.82, 2.24) is 9.13 Å². The van der Waals surface area contributed by atoms with Gasteiger partial charge >= 0.3 is 0 Å². The zero-order valence-electron chi connectivity index (χ0n) is 28.2. The quantitative estimate of drug-likeness (QED) is 0.164. The van der Waals surface area contributed by atoms with Gasteiger partial charge in [-0.3, -0.25) is 0 Å². The SMILES string of the molecule is c1ccc(-n2c3ccccc3c3c4c5ccccc5c5ccccc5c4c4c5ccccc5n(-c5ccc6c(ccc7ccccc76)c5)c4c32)cc1. The van der Waals surface area contributed by atoms with Gasteiger partial charge in [0.1, 0.15) is 0 Å². The molecule has 0 saturated heterocycles. The normalized spacial score (nSPS) is 12.2. The first-order chi connectivity index (χ1) is 25.8. The average molecular weight is 659 g/mol. The van der Waals surface area contributed by atoms with Crippen LogP contribution in [0.4, 0.5) is 0 Å². The van der Waals surface area contributed by atoms with Crippen molar-refractivity contribution in [1.29, 1.82) is 0 Å². The van der Waals surface area contributed by atoms with Crippen LogP contribution < -0.4 is 0 Å². The Bertz CT molecular complexity index is 3450. The number of rotatable bonds is 2. The number of benzene rings is 10. The van der Waals surface area contributed by atoms with E-state index in [1.165, 1.54) is 97.5 Å². The smallest absolute Gasteiger partial charge is 0.0795 e. The molecule has 12 rings (SSSR count). The van der Waals surface area contributed by atoms with E-state index in [0.717, 1.165) is 11.4 Å². The molecule has 0 radical (unpaired) electrons. The second-order valence-electron chi connectivity index (χ2n) is 14.0. The van der Waals surface area contributed by atoms with E-state index in [1.54, 1.807) is 0 Å². The van der Waals surface area contributed by atoms with Gasteiger partial charge in [0.15, 0.2) is 0 Å². The summed E-state index contributed by atoms with van der Waals surface area (Å²) in [7, 11) is 0. The van der Waals surface area contributed by atoms with E-state index in [2.05, 4.69) is 191 Å². The molecule has 52 heavy (non-hydrogen) atoms. The number of hydrogen-bond acceptors (Lipinski definition) is 0. The molecule has 0 aliphatic rings. The van der Waals surface area contributed by atoms with Crippen LogP contribution in [0.15, 0.2) is 182 Å². The molecule has 0 aliphatic carbocycles. The molecule has 2 nitrogen and oxygen atoms in total. The molecule has 0 atom stereocenters. The Morgan fingerprint density at radius 2 is 0.692 bits per heavy atom. The van der Waals surface area contributed by atoms with Gasteiger partial charge in [-0.1, -0.05) is 146 Å². The van der Waals surface area contributed by atoms with Crippen molar-refractivity contribution < 1.29 is 0 Å². The second kappa shape index (κ2) is 10.3. The highest BCUT2D eigenvalue weighted by Crippen LogP contribution is 2.51. The molecule has 0 saturated carbocycles. The van der Waals surface area contributed by atoms with Crippen molar-refractivity contribution in [2.75, 3.05) is 0 Å². The Hall–Kier alpha value is -6.90. The Labute approximate surface area is 299 Å². The van der Waals surface area contributed by atoms with Crippen LogP contribution in [0, 0.1) is 0 Å². The van der Waals surface area contributed by atoms with Gasteiger partial charge in [0.05, 0.1) is 22.1 Å². The van der Waals surface area contributed by atoms with Gasteiger partial charge in [-0.25, -0.2) is 0 Å². The minimum absolute atomic E-state index is 1.15. The minimum atomic E-state index is 1.15. The van der Waals surface area contributed by atoms with E-state index < -0.39 is 0 Å². The summed E-state index contributed by atoms with van der Waals surface area (Å²) in [5.41, 5.74) is 7.17. The highest BCUT2D eigenvalue weighted by atomic mass is 15.0. The molecular weight excluding hydrogens is 629 g/mol. The van der Waals surface area contributed by atoms with Gasteiger partial charge in [-0.2, -0.15) is 0 Å². The molecule has 0 amide bonds. The summed E-state index contributed by atoms with van der Waals surface area (Å²) < 4.78 is 5.06. The minimum Gasteiger partial charge on any atom is -0.307 e. The van der Waals surface area contributed by atoms with Crippen molar-refractivity contribution >= 4 is 97.5 Å². The van der Waals surface area contributed by atoms with E-state index >= 15 is 0 Å². The number of nitrogens with zero attached hydrogens (tertiary/aromatic N) is 2. The van der Waals surface area contributed by atoms with E-state index in [0.29, 0.717) is 0 Å².